The molecule has 0 fully saturated rings. The van der Waals surface area contributed by atoms with E-state index in [0.717, 1.165) is 0 Å². The molecule has 0 saturated heterocycles. The van der Waals surface area contributed by atoms with Crippen LogP contribution in [0.5, 0.6) is 0 Å². The summed E-state index contributed by atoms with van der Waals surface area (Å²) in [5, 5.41) is 0. The molecule has 58 valence electrons. The Morgan fingerprint density at radius 3 is 1.00 bits per heavy atom. The van der Waals surface area contributed by atoms with Crippen LogP contribution in [-0.2, 0) is 0 Å². The van der Waals surface area contributed by atoms with Crippen molar-refractivity contribution in [2.24, 2.45) is 0 Å². The molecule has 0 aromatic heterocycles. The van der Waals surface area contributed by atoms with Gasteiger partial charge in [-0.3, -0.25) is 0 Å². The monoisotopic (exact) mass is 172 g/mol. The van der Waals surface area contributed by atoms with E-state index in [0.29, 0.717) is 0 Å². The van der Waals surface area contributed by atoms with Gasteiger partial charge >= 0.3 is 2.85 Å². The van der Waals surface area contributed by atoms with Crippen molar-refractivity contribution >= 4 is 15.9 Å². The molecule has 0 aromatic rings. The minimum Gasteiger partial charge on any atom is -0.854 e. The maximum absolute atomic E-state index is 8.48. The SMILES string of the molecule is C[P+](C)(C)C.[H+].[H+].[O-]P([O-])[O-]. The Labute approximate surface area is 61.0 Å². The van der Waals surface area contributed by atoms with Crippen molar-refractivity contribution in [1.82, 2.24) is 0 Å². The number of hydrogen-bond acceptors (Lipinski definition) is 3. The van der Waals surface area contributed by atoms with Gasteiger partial charge in [0.15, 0.2) is 0 Å². The lowest BCUT2D eigenvalue weighted by Crippen LogP contribution is -2.18. The van der Waals surface area contributed by atoms with Crippen LogP contribution >= 0.6 is 15.9 Å². The molecule has 0 spiro atoms. The largest absolute Gasteiger partial charge is 1.00 e. The normalized spacial score (nSPS) is 10.7. The first-order valence-corrected chi connectivity index (χ1v) is 7.01. The van der Waals surface area contributed by atoms with Gasteiger partial charge in [0.2, 0.25) is 0 Å². The third-order valence-corrected chi connectivity index (χ3v) is 0. The van der Waals surface area contributed by atoms with Crippen LogP contribution in [0.3, 0.4) is 0 Å². The third-order valence-electron chi connectivity index (χ3n) is 0. The van der Waals surface area contributed by atoms with Gasteiger partial charge in [-0.1, -0.05) is 0 Å². The Morgan fingerprint density at radius 1 is 1.00 bits per heavy atom. The smallest absolute Gasteiger partial charge is 0.854 e. The van der Waals surface area contributed by atoms with Gasteiger partial charge < -0.3 is 23.3 Å². The van der Waals surface area contributed by atoms with Crippen molar-refractivity contribution < 1.29 is 17.5 Å². The van der Waals surface area contributed by atoms with E-state index in [9.17, 15) is 0 Å². The summed E-state index contributed by atoms with van der Waals surface area (Å²) < 4.78 is 0. The quantitative estimate of drug-likeness (QED) is 0.442. The van der Waals surface area contributed by atoms with E-state index in [1.54, 1.807) is 0 Å². The molecule has 0 aliphatic heterocycles. The zero-order valence-corrected chi connectivity index (χ0v) is 7.91. The van der Waals surface area contributed by atoms with Crippen molar-refractivity contribution in [3.63, 3.8) is 0 Å². The molecule has 0 atom stereocenters. The average Bonchev–Trinajstić information content (AvgIpc) is 1.19. The van der Waals surface area contributed by atoms with Gasteiger partial charge in [-0.15, -0.1) is 0 Å². The average molecular weight is 172 g/mol. The molecule has 9 heavy (non-hydrogen) atoms. The van der Waals surface area contributed by atoms with Crippen LogP contribution in [0.25, 0.3) is 0 Å². The molecule has 0 unspecified atom stereocenters. The van der Waals surface area contributed by atoms with Crippen molar-refractivity contribution in [2.75, 3.05) is 26.7 Å². The molecule has 0 amide bonds. The fourth-order valence-corrected chi connectivity index (χ4v) is 0. The molecule has 0 aliphatic rings. The Bertz CT molecular complexity index is 58.1. The van der Waals surface area contributed by atoms with Gasteiger partial charge in [0.1, 0.15) is 0 Å². The van der Waals surface area contributed by atoms with Crippen molar-refractivity contribution in [3.8, 4) is 0 Å². The van der Waals surface area contributed by atoms with Crippen LogP contribution in [0.4, 0.5) is 0 Å². The highest BCUT2D eigenvalue weighted by Gasteiger charge is 2.03. The minimum atomic E-state index is -3.37. The lowest BCUT2D eigenvalue weighted by atomic mass is 11.8. The summed E-state index contributed by atoms with van der Waals surface area (Å²) in [4.78, 5) is 25.4. The van der Waals surface area contributed by atoms with Crippen LogP contribution in [0.15, 0.2) is 0 Å². The summed E-state index contributed by atoms with van der Waals surface area (Å²) in [7, 11) is -3.76. The van der Waals surface area contributed by atoms with Crippen molar-refractivity contribution in [3.05, 3.63) is 0 Å². The van der Waals surface area contributed by atoms with Crippen LogP contribution < -0.4 is 14.7 Å². The molecular weight excluding hydrogens is 158 g/mol. The van der Waals surface area contributed by atoms with Gasteiger partial charge in [-0.05, 0) is 0 Å². The van der Waals surface area contributed by atoms with Gasteiger partial charge in [0.05, 0.1) is 0 Å². The van der Waals surface area contributed by atoms with Gasteiger partial charge in [0.25, 0.3) is 0 Å². The van der Waals surface area contributed by atoms with E-state index >= 15 is 0 Å². The Kier molecular flexibility index (Phi) is 7.62. The van der Waals surface area contributed by atoms with E-state index < -0.39 is 8.60 Å². The van der Waals surface area contributed by atoms with E-state index in [4.69, 9.17) is 14.7 Å². The van der Waals surface area contributed by atoms with E-state index in [2.05, 4.69) is 26.7 Å². The first-order valence-electron chi connectivity index (χ1n) is 2.34. The maximum Gasteiger partial charge on any atom is 1.00 e. The molecule has 0 saturated carbocycles. The van der Waals surface area contributed by atoms with E-state index in [1.165, 1.54) is 0 Å². The molecule has 0 bridgehead atoms. The first kappa shape index (κ1) is 12.4. The Balaban J connectivity index is -0.0000000383. The van der Waals surface area contributed by atoms with Crippen LogP contribution in [0, 0.1) is 0 Å². The molecule has 0 N–H and O–H groups in total. The molecule has 0 aromatic carbocycles. The Hall–Kier alpha value is 0.740. The van der Waals surface area contributed by atoms with Crippen LogP contribution in [0.1, 0.15) is 2.85 Å². The number of rotatable bonds is 0. The summed E-state index contributed by atoms with van der Waals surface area (Å²) in [6.07, 6.45) is 0. The molecular formula is C4H14O3P2. The lowest BCUT2D eigenvalue weighted by molar-refractivity contribution is -0.407. The molecule has 0 heterocycles. The zero-order valence-electron chi connectivity index (χ0n) is 8.12. The van der Waals surface area contributed by atoms with E-state index in [1.807, 2.05) is 0 Å². The highest BCUT2D eigenvalue weighted by atomic mass is 31.2. The lowest BCUT2D eigenvalue weighted by Gasteiger charge is -2.39. The number of hydrogen-bond donors (Lipinski definition) is 0. The molecule has 5 heteroatoms. The predicted molar refractivity (Wildman–Crippen MR) is 39.8 cm³/mol. The standard InChI is InChI=1S/C4H12P.O3P/c1-5(2,3)4;1-4(2)3/h1-4H3;/q+1;-3/p+2. The van der Waals surface area contributed by atoms with Crippen molar-refractivity contribution in [1.29, 1.82) is 0 Å². The van der Waals surface area contributed by atoms with Gasteiger partial charge in [-0.2, -0.15) is 0 Å². The highest BCUT2D eigenvalue weighted by molar-refractivity contribution is 7.73. The minimum absolute atomic E-state index is 0. The topological polar surface area (TPSA) is 69.2 Å². The van der Waals surface area contributed by atoms with Gasteiger partial charge in [-0.25, -0.2) is 0 Å². The molecule has 3 nitrogen and oxygen atoms in total. The van der Waals surface area contributed by atoms with Crippen LogP contribution in [-0.4, -0.2) is 26.7 Å². The second kappa shape index (κ2) is 5.52. The molecule has 0 rings (SSSR count). The summed E-state index contributed by atoms with van der Waals surface area (Å²) in [5.74, 6) is 0. The maximum atomic E-state index is 8.48. The second-order valence-electron chi connectivity index (χ2n) is 2.91. The zero-order chi connectivity index (χ0) is 8.08. The summed E-state index contributed by atoms with van der Waals surface area (Å²) in [6.45, 7) is 9.19. The molecule has 0 aliphatic carbocycles. The summed E-state index contributed by atoms with van der Waals surface area (Å²) >= 11 is 0. The Morgan fingerprint density at radius 2 is 1.00 bits per heavy atom. The van der Waals surface area contributed by atoms with Crippen LogP contribution in [0.2, 0.25) is 0 Å². The first-order chi connectivity index (χ1) is 3.73. The summed E-state index contributed by atoms with van der Waals surface area (Å²) in [5.41, 5.74) is 0. The second-order valence-corrected chi connectivity index (χ2v) is 8.72. The van der Waals surface area contributed by atoms with Crippen molar-refractivity contribution in [2.45, 2.75) is 0 Å². The third kappa shape index (κ3) is 725. The van der Waals surface area contributed by atoms with Gasteiger partial charge in [0, 0.05) is 33.9 Å². The fourth-order valence-electron chi connectivity index (χ4n) is 0. The highest BCUT2D eigenvalue weighted by Crippen LogP contribution is 2.40. The van der Waals surface area contributed by atoms with E-state index in [-0.39, 0.29) is 10.1 Å². The fraction of sp³-hybridized carbons (Fsp3) is 1.00. The predicted octanol–water partition coefficient (Wildman–Crippen LogP) is -0.958. The molecule has 0 radical (unpaired) electrons. The summed E-state index contributed by atoms with van der Waals surface area (Å²) in [6, 6.07) is 0.